The summed E-state index contributed by atoms with van der Waals surface area (Å²) in [4.78, 5) is -0.0666. The van der Waals surface area contributed by atoms with Crippen LogP contribution in [0.5, 0.6) is 0 Å². The highest BCUT2D eigenvalue weighted by Crippen LogP contribution is 2.08. The average Bonchev–Trinajstić information content (AvgIpc) is 2.90. The largest absolute Gasteiger partial charge is 0.394 e. The van der Waals surface area contributed by atoms with Crippen LogP contribution in [-0.4, -0.2) is 112 Å². The average molecular weight is 597 g/mol. The molecular formula is C28H52O11S. The minimum atomic E-state index is -4.02. The molecule has 3 N–H and O–H groups in total. The first-order chi connectivity index (χ1) is 18.6. The normalized spacial score (nSPS) is 17.2. The van der Waals surface area contributed by atoms with Gasteiger partial charge in [-0.3, -0.25) is 4.55 Å². The van der Waals surface area contributed by atoms with E-state index in [9.17, 15) is 13.5 Å². The lowest BCUT2D eigenvalue weighted by molar-refractivity contribution is -0.105. The van der Waals surface area contributed by atoms with E-state index >= 15 is 0 Å². The Labute approximate surface area is 240 Å². The van der Waals surface area contributed by atoms with Crippen LogP contribution in [-0.2, 0) is 38.5 Å². The topological polar surface area (TPSA) is 150 Å². The molecule has 0 saturated heterocycles. The Hall–Kier alpha value is -1.19. The second-order valence-electron chi connectivity index (χ2n) is 10.2. The molecule has 0 amide bonds. The molecule has 0 heterocycles. The number of hydrogen-bond donors (Lipinski definition) is 3. The van der Waals surface area contributed by atoms with Crippen LogP contribution in [0.4, 0.5) is 0 Å². The van der Waals surface area contributed by atoms with Crippen LogP contribution in [0.1, 0.15) is 54.0 Å². The van der Waals surface area contributed by atoms with Crippen molar-refractivity contribution in [1.82, 2.24) is 0 Å². The lowest BCUT2D eigenvalue weighted by Gasteiger charge is -2.22. The fourth-order valence-electron chi connectivity index (χ4n) is 2.81. The summed E-state index contributed by atoms with van der Waals surface area (Å²) in [6.07, 6.45) is -0.963. The molecule has 236 valence electrons. The third kappa shape index (κ3) is 21.5. The molecular weight excluding hydrogens is 544 g/mol. The van der Waals surface area contributed by atoms with E-state index in [-0.39, 0.29) is 48.1 Å². The highest BCUT2D eigenvalue weighted by Gasteiger charge is 2.13. The summed E-state index contributed by atoms with van der Waals surface area (Å²) in [6, 6.07) is 5.99. The van der Waals surface area contributed by atoms with Crippen molar-refractivity contribution in [2.45, 2.75) is 103 Å². The van der Waals surface area contributed by atoms with E-state index in [1.54, 1.807) is 19.1 Å². The molecule has 7 atom stereocenters. The van der Waals surface area contributed by atoms with Crippen molar-refractivity contribution in [2.75, 3.05) is 46.2 Å². The molecule has 0 saturated carbocycles. The number of aliphatic hydroxyl groups excluding tert-OH is 2. The van der Waals surface area contributed by atoms with E-state index in [2.05, 4.69) is 0 Å². The smallest absolute Gasteiger partial charge is 0.294 e. The van der Waals surface area contributed by atoms with Gasteiger partial charge in [-0.05, 0) is 67.5 Å². The van der Waals surface area contributed by atoms with Gasteiger partial charge in [-0.2, -0.15) is 8.42 Å². The Morgan fingerprint density at radius 1 is 0.600 bits per heavy atom. The van der Waals surface area contributed by atoms with Gasteiger partial charge in [0, 0.05) is 0 Å². The van der Waals surface area contributed by atoms with E-state index in [1.807, 2.05) is 48.5 Å². The van der Waals surface area contributed by atoms with E-state index < -0.39 is 16.2 Å². The molecule has 1 aromatic carbocycles. The van der Waals surface area contributed by atoms with Gasteiger partial charge in [-0.25, -0.2) is 0 Å². The van der Waals surface area contributed by atoms with Crippen molar-refractivity contribution < 1.29 is 51.6 Å². The van der Waals surface area contributed by atoms with Crippen molar-refractivity contribution >= 4 is 10.1 Å². The number of ether oxygens (including phenoxy) is 6. The van der Waals surface area contributed by atoms with Gasteiger partial charge < -0.3 is 38.6 Å². The van der Waals surface area contributed by atoms with Crippen LogP contribution in [0.25, 0.3) is 0 Å². The third-order valence-corrected chi connectivity index (χ3v) is 6.14. The molecule has 1 aromatic rings. The quantitative estimate of drug-likeness (QED) is 0.191. The van der Waals surface area contributed by atoms with Crippen LogP contribution in [0, 0.1) is 6.92 Å². The van der Waals surface area contributed by atoms with E-state index in [0.29, 0.717) is 39.6 Å². The first-order valence-electron chi connectivity index (χ1n) is 13.7. The van der Waals surface area contributed by atoms with Crippen molar-refractivity contribution in [3.05, 3.63) is 29.8 Å². The fraction of sp³-hybridized carbons (Fsp3) is 0.786. The van der Waals surface area contributed by atoms with Gasteiger partial charge in [0.15, 0.2) is 0 Å². The molecule has 0 aliphatic carbocycles. The Morgan fingerprint density at radius 3 is 1.18 bits per heavy atom. The summed E-state index contributed by atoms with van der Waals surface area (Å²) in [5, 5.41) is 18.1. The first kappa shape index (κ1) is 38.8. The highest BCUT2D eigenvalue weighted by atomic mass is 32.2. The van der Waals surface area contributed by atoms with Crippen molar-refractivity contribution in [3.8, 4) is 0 Å². The summed E-state index contributed by atoms with van der Waals surface area (Å²) in [6.45, 7) is 17.7. The molecule has 40 heavy (non-hydrogen) atoms. The maximum absolute atomic E-state index is 10.5. The molecule has 0 aliphatic rings. The molecule has 0 fully saturated rings. The molecule has 11 nitrogen and oxygen atoms in total. The predicted molar refractivity (Wildman–Crippen MR) is 152 cm³/mol. The Morgan fingerprint density at radius 2 is 0.900 bits per heavy atom. The number of aliphatic hydroxyl groups is 2. The zero-order valence-electron chi connectivity index (χ0n) is 25.3. The summed E-state index contributed by atoms with van der Waals surface area (Å²) in [5.41, 5.74) is 0.956. The van der Waals surface area contributed by atoms with Gasteiger partial charge in [-0.15, -0.1) is 0 Å². The van der Waals surface area contributed by atoms with Crippen LogP contribution in [0.15, 0.2) is 29.2 Å². The standard InChI is InChI=1S/C21H44O8.C7H8O3S/c1-15(23)9-24-17(3)11-26-19(5)13-28-21(7)14-29-20(6)12-27-18(4)10-25-16(2)8-22;1-6-2-4-7(5-3-6)11(8,9)10/h15-23H,8-14H2,1-7H3;2-5H,1H3,(H,8,9,10). The van der Waals surface area contributed by atoms with Gasteiger partial charge in [0.2, 0.25) is 0 Å². The second-order valence-corrected chi connectivity index (χ2v) is 11.6. The third-order valence-electron chi connectivity index (χ3n) is 5.28. The Kier molecular flexibility index (Phi) is 20.9. The SMILES string of the molecule is CC(O)COC(C)COC(C)COC(C)COC(C)COC(C)COC(C)CO.Cc1ccc(S(=O)(=O)O)cc1. The number of aryl methyl sites for hydroxylation is 1. The van der Waals surface area contributed by atoms with Crippen LogP contribution in [0.2, 0.25) is 0 Å². The fourth-order valence-corrected chi connectivity index (χ4v) is 3.29. The summed E-state index contributed by atoms with van der Waals surface area (Å²) >= 11 is 0. The number of benzene rings is 1. The van der Waals surface area contributed by atoms with Crippen LogP contribution >= 0.6 is 0 Å². The molecule has 0 aromatic heterocycles. The van der Waals surface area contributed by atoms with Gasteiger partial charge in [-0.1, -0.05) is 17.7 Å². The van der Waals surface area contributed by atoms with Gasteiger partial charge in [0.05, 0.1) is 93.9 Å². The van der Waals surface area contributed by atoms with Gasteiger partial charge in [0.25, 0.3) is 10.1 Å². The molecule has 12 heteroatoms. The van der Waals surface area contributed by atoms with Gasteiger partial charge in [0.1, 0.15) is 0 Å². The Balaban J connectivity index is 0.00000114. The first-order valence-corrected chi connectivity index (χ1v) is 15.1. The maximum atomic E-state index is 10.5. The molecule has 7 unspecified atom stereocenters. The van der Waals surface area contributed by atoms with Crippen molar-refractivity contribution in [2.24, 2.45) is 0 Å². The summed E-state index contributed by atoms with van der Waals surface area (Å²) < 4.78 is 63.4. The van der Waals surface area contributed by atoms with E-state index in [4.69, 9.17) is 38.1 Å². The zero-order chi connectivity index (χ0) is 30.7. The van der Waals surface area contributed by atoms with Crippen LogP contribution in [0.3, 0.4) is 0 Å². The van der Waals surface area contributed by atoms with E-state index in [1.165, 1.54) is 12.1 Å². The predicted octanol–water partition coefficient (Wildman–Crippen LogP) is 3.03. The number of rotatable bonds is 20. The lowest BCUT2D eigenvalue weighted by atomic mass is 10.2. The minimum absolute atomic E-state index is 0.00355. The monoisotopic (exact) mass is 596 g/mol. The molecule has 1 rings (SSSR count). The minimum Gasteiger partial charge on any atom is -0.394 e. The second kappa shape index (κ2) is 21.5. The van der Waals surface area contributed by atoms with Gasteiger partial charge >= 0.3 is 0 Å². The van der Waals surface area contributed by atoms with Crippen molar-refractivity contribution in [1.29, 1.82) is 0 Å². The zero-order valence-corrected chi connectivity index (χ0v) is 26.1. The number of hydrogen-bond acceptors (Lipinski definition) is 10. The van der Waals surface area contributed by atoms with Crippen molar-refractivity contribution in [3.63, 3.8) is 0 Å². The molecule has 0 radical (unpaired) electrons. The molecule has 0 aliphatic heterocycles. The molecule has 0 bridgehead atoms. The molecule has 0 spiro atoms. The Bertz CT molecular complexity index is 848. The lowest BCUT2D eigenvalue weighted by Crippen LogP contribution is -2.30. The highest BCUT2D eigenvalue weighted by molar-refractivity contribution is 7.85. The van der Waals surface area contributed by atoms with E-state index in [0.717, 1.165) is 5.56 Å². The summed E-state index contributed by atoms with van der Waals surface area (Å²) in [7, 11) is -4.02. The van der Waals surface area contributed by atoms with Crippen LogP contribution < -0.4 is 0 Å². The summed E-state index contributed by atoms with van der Waals surface area (Å²) in [5.74, 6) is 0. The maximum Gasteiger partial charge on any atom is 0.294 e.